The van der Waals surface area contributed by atoms with Crippen LogP contribution < -0.4 is 20.9 Å². The summed E-state index contributed by atoms with van der Waals surface area (Å²) < 4.78 is 41.5. The lowest BCUT2D eigenvalue weighted by atomic mass is 10.1. The Labute approximate surface area is 198 Å². The summed E-state index contributed by atoms with van der Waals surface area (Å²) in [7, 11) is -4.24. The van der Waals surface area contributed by atoms with Crippen molar-refractivity contribution in [1.29, 1.82) is 0 Å². The number of hydrogen-bond acceptors (Lipinski definition) is 5. The number of carbonyl (C=O) groups is 1. The molecule has 2 rings (SSSR count). The van der Waals surface area contributed by atoms with Crippen molar-refractivity contribution in [2.24, 2.45) is 0 Å². The first-order valence-electron chi connectivity index (χ1n) is 9.90. The van der Waals surface area contributed by atoms with Crippen LogP contribution in [0.1, 0.15) is 24.5 Å². The van der Waals surface area contributed by atoms with Gasteiger partial charge in [-0.1, -0.05) is 37.3 Å². The molecule has 1 atom stereocenters. The molecule has 4 N–H and O–H groups in total. The van der Waals surface area contributed by atoms with Crippen LogP contribution >= 0.6 is 24.0 Å². The number of amides is 1. The average Bonchev–Trinajstić information content (AvgIpc) is 2.76. The average molecular weight is 499 g/mol. The van der Waals surface area contributed by atoms with Gasteiger partial charge in [-0.15, -0.1) is 0 Å². The second-order valence-electron chi connectivity index (χ2n) is 6.92. The van der Waals surface area contributed by atoms with Crippen molar-refractivity contribution in [1.82, 2.24) is 15.6 Å². The summed E-state index contributed by atoms with van der Waals surface area (Å²) in [6.45, 7) is 3.97. The van der Waals surface area contributed by atoms with Crippen LogP contribution in [0, 0.1) is 12.7 Å². The van der Waals surface area contributed by atoms with Gasteiger partial charge in [-0.25, -0.2) is 12.8 Å². The molecule has 0 fully saturated rings. The quantitative estimate of drug-likeness (QED) is 0.311. The topological polar surface area (TPSA) is 99.3 Å². The van der Waals surface area contributed by atoms with Gasteiger partial charge in [-0.3, -0.25) is 15.6 Å². The van der Waals surface area contributed by atoms with Crippen molar-refractivity contribution in [3.8, 4) is 0 Å². The summed E-state index contributed by atoms with van der Waals surface area (Å²) >= 11 is 6.73. The molecule has 2 aromatic carbocycles. The summed E-state index contributed by atoms with van der Waals surface area (Å²) in [4.78, 5) is 12.2. The first kappa shape index (κ1) is 26.0. The second kappa shape index (κ2) is 12.1. The molecule has 32 heavy (non-hydrogen) atoms. The van der Waals surface area contributed by atoms with Gasteiger partial charge in [0.15, 0.2) is 5.11 Å². The molecular formula is C21H27FN4O3S3. The first-order chi connectivity index (χ1) is 15.2. The van der Waals surface area contributed by atoms with E-state index in [9.17, 15) is 17.6 Å². The van der Waals surface area contributed by atoms with E-state index in [0.717, 1.165) is 35.4 Å². The minimum atomic E-state index is -4.24. The van der Waals surface area contributed by atoms with Gasteiger partial charge in [-0.05, 0) is 67.3 Å². The molecule has 0 saturated heterocycles. The number of thioether (sulfide) groups is 1. The minimum Gasteiger partial charge on any atom is -0.331 e. The summed E-state index contributed by atoms with van der Waals surface area (Å²) in [6.07, 6.45) is 2.85. The van der Waals surface area contributed by atoms with Crippen LogP contribution in [0.3, 0.4) is 0 Å². The summed E-state index contributed by atoms with van der Waals surface area (Å²) in [5, 5.41) is 3.22. The van der Waals surface area contributed by atoms with E-state index in [0.29, 0.717) is 5.75 Å². The van der Waals surface area contributed by atoms with Gasteiger partial charge in [0.05, 0.1) is 0 Å². The van der Waals surface area contributed by atoms with E-state index in [4.69, 9.17) is 12.2 Å². The number of sulfonamides is 1. The third kappa shape index (κ3) is 7.16. The Kier molecular flexibility index (Phi) is 9.88. The fourth-order valence-electron chi connectivity index (χ4n) is 2.94. The Morgan fingerprint density at radius 3 is 2.53 bits per heavy atom. The van der Waals surface area contributed by atoms with Crippen molar-refractivity contribution in [2.45, 2.75) is 37.6 Å². The lowest BCUT2D eigenvalue weighted by molar-refractivity contribution is -0.123. The fourth-order valence-corrected chi connectivity index (χ4v) is 4.88. The first-order valence-corrected chi connectivity index (χ1v) is 13.2. The predicted molar refractivity (Wildman–Crippen MR) is 132 cm³/mol. The maximum atomic E-state index is 14.0. The molecule has 174 valence electrons. The van der Waals surface area contributed by atoms with E-state index in [1.54, 1.807) is 0 Å². The van der Waals surface area contributed by atoms with Crippen molar-refractivity contribution in [3.63, 3.8) is 0 Å². The summed E-state index contributed by atoms with van der Waals surface area (Å²) in [6, 6.07) is 9.76. The number of aryl methyl sites for hydroxylation is 2. The third-order valence-corrected chi connectivity index (χ3v) is 6.98. The Morgan fingerprint density at radius 2 is 1.88 bits per heavy atom. The highest BCUT2D eigenvalue weighted by Gasteiger charge is 2.27. The van der Waals surface area contributed by atoms with Crippen LogP contribution in [0.4, 0.5) is 10.1 Å². The fraction of sp³-hybridized carbons (Fsp3) is 0.333. The van der Waals surface area contributed by atoms with Gasteiger partial charge in [-0.2, -0.15) is 16.5 Å². The lowest BCUT2D eigenvalue weighted by Crippen LogP contribution is -2.53. The molecule has 0 heterocycles. The molecule has 0 spiro atoms. The zero-order valence-corrected chi connectivity index (χ0v) is 20.5. The van der Waals surface area contributed by atoms with Gasteiger partial charge >= 0.3 is 0 Å². The summed E-state index contributed by atoms with van der Waals surface area (Å²) in [5.74, 6) is -1.01. The number of hydrogen-bond donors (Lipinski definition) is 4. The van der Waals surface area contributed by atoms with Crippen LogP contribution in [0.5, 0.6) is 0 Å². The lowest BCUT2D eigenvalue weighted by Gasteiger charge is -2.20. The Hall–Kier alpha value is -2.21. The van der Waals surface area contributed by atoms with E-state index >= 15 is 0 Å². The molecular weight excluding hydrogens is 471 g/mol. The number of rotatable bonds is 9. The second-order valence-corrected chi connectivity index (χ2v) is 9.99. The van der Waals surface area contributed by atoms with Crippen LogP contribution in [0.2, 0.25) is 0 Å². The van der Waals surface area contributed by atoms with E-state index in [2.05, 4.69) is 20.9 Å². The van der Waals surface area contributed by atoms with Crippen molar-refractivity contribution < 1.29 is 17.6 Å². The number of carbonyl (C=O) groups excluding carboxylic acids is 1. The van der Waals surface area contributed by atoms with Gasteiger partial charge < -0.3 is 5.32 Å². The minimum absolute atomic E-state index is 0.155. The smallest absolute Gasteiger partial charge is 0.256 e. The van der Waals surface area contributed by atoms with Crippen LogP contribution in [0.25, 0.3) is 0 Å². The van der Waals surface area contributed by atoms with Crippen molar-refractivity contribution in [2.75, 3.05) is 17.3 Å². The molecule has 0 aromatic heterocycles. The molecule has 0 saturated carbocycles. The van der Waals surface area contributed by atoms with Gasteiger partial charge in [0.1, 0.15) is 16.8 Å². The molecule has 0 unspecified atom stereocenters. The molecule has 0 radical (unpaired) electrons. The van der Waals surface area contributed by atoms with Gasteiger partial charge in [0, 0.05) is 5.69 Å². The van der Waals surface area contributed by atoms with Gasteiger partial charge in [0.25, 0.3) is 5.91 Å². The van der Waals surface area contributed by atoms with Crippen LogP contribution in [-0.4, -0.2) is 37.5 Å². The number of anilines is 1. The normalized spacial score (nSPS) is 12.1. The van der Waals surface area contributed by atoms with Crippen LogP contribution in [-0.2, 0) is 21.2 Å². The maximum Gasteiger partial charge on any atom is 0.256 e. The molecule has 0 aliphatic heterocycles. The predicted octanol–water partition coefficient (Wildman–Crippen LogP) is 3.11. The van der Waals surface area contributed by atoms with E-state index in [-0.39, 0.29) is 11.5 Å². The zero-order valence-electron chi connectivity index (χ0n) is 18.1. The molecule has 11 heteroatoms. The van der Waals surface area contributed by atoms with Crippen molar-refractivity contribution in [3.05, 3.63) is 59.4 Å². The van der Waals surface area contributed by atoms with Crippen LogP contribution in [0.15, 0.2) is 47.4 Å². The highest BCUT2D eigenvalue weighted by molar-refractivity contribution is 7.98. The number of halogens is 1. The molecule has 0 aliphatic rings. The molecule has 0 bridgehead atoms. The molecule has 1 amide bonds. The number of benzene rings is 2. The molecule has 2 aromatic rings. The molecule has 7 nitrogen and oxygen atoms in total. The number of thiocarbonyl (C=S) groups is 1. The highest BCUT2D eigenvalue weighted by Crippen LogP contribution is 2.21. The molecule has 0 aliphatic carbocycles. The largest absolute Gasteiger partial charge is 0.331 e. The zero-order chi connectivity index (χ0) is 23.7. The summed E-state index contributed by atoms with van der Waals surface area (Å²) in [5.41, 5.74) is 7.95. The monoisotopic (exact) mass is 498 g/mol. The Balaban J connectivity index is 2.07. The van der Waals surface area contributed by atoms with Crippen molar-refractivity contribution >= 4 is 50.7 Å². The van der Waals surface area contributed by atoms with E-state index in [1.165, 1.54) is 23.9 Å². The number of hydrazine groups is 1. The Bertz CT molecular complexity index is 1060. The van der Waals surface area contributed by atoms with Gasteiger partial charge in [0.2, 0.25) is 10.0 Å². The number of nitrogens with one attached hydrogen (secondary N) is 4. The van der Waals surface area contributed by atoms with E-state index < -0.39 is 32.7 Å². The number of para-hydroxylation sites is 1. The Morgan fingerprint density at radius 1 is 1.16 bits per heavy atom. The SMILES string of the molecule is CCc1cccc(C)c1NC(=S)NNC(=O)[C@H](CCSC)NS(=O)(=O)c1ccccc1F. The third-order valence-electron chi connectivity index (χ3n) is 4.63. The maximum absolute atomic E-state index is 14.0. The standard InChI is InChI=1S/C21H27FN4O3S3/c1-4-15-9-7-8-14(2)19(15)23-21(30)25-24-20(27)17(12-13-31-3)26-32(28,29)18-11-6-5-10-16(18)22/h5-11,17,26H,4,12-13H2,1-3H3,(H,24,27)(H2,23,25,30)/t17-/m0/s1. The highest BCUT2D eigenvalue weighted by atomic mass is 32.2. The van der Waals surface area contributed by atoms with E-state index in [1.807, 2.05) is 38.3 Å².